The first-order chi connectivity index (χ1) is 15.6. The van der Waals surface area contributed by atoms with Gasteiger partial charge in [-0.3, -0.25) is 4.79 Å². The maximum atomic E-state index is 14.5. The van der Waals surface area contributed by atoms with E-state index in [1.54, 1.807) is 4.68 Å². The molecule has 1 fully saturated rings. The van der Waals surface area contributed by atoms with Crippen LogP contribution in [0.2, 0.25) is 0 Å². The third kappa shape index (κ3) is 4.72. The van der Waals surface area contributed by atoms with E-state index in [2.05, 4.69) is 10.1 Å². The molecule has 6 nitrogen and oxygen atoms in total. The molecule has 11 heteroatoms. The van der Waals surface area contributed by atoms with Gasteiger partial charge in [0.25, 0.3) is 0 Å². The molecule has 3 aromatic rings. The highest BCUT2D eigenvalue weighted by molar-refractivity contribution is 6.03. The zero-order chi connectivity index (χ0) is 23.8. The number of ether oxygens (including phenoxy) is 1. The zero-order valence-corrected chi connectivity index (χ0v) is 17.4. The minimum absolute atomic E-state index is 0.0281. The van der Waals surface area contributed by atoms with E-state index in [1.807, 2.05) is 5.32 Å². The molecule has 1 saturated heterocycles. The molecule has 0 bridgehead atoms. The molecule has 2 aromatic heterocycles. The van der Waals surface area contributed by atoms with E-state index in [9.17, 15) is 26.7 Å². The summed E-state index contributed by atoms with van der Waals surface area (Å²) >= 11 is 0. The van der Waals surface area contributed by atoms with Crippen LogP contribution in [0.25, 0.3) is 17.0 Å². The van der Waals surface area contributed by atoms with Crippen LogP contribution in [0.15, 0.2) is 30.6 Å². The first-order valence-corrected chi connectivity index (χ1v) is 10.1. The lowest BCUT2D eigenvalue weighted by Gasteiger charge is -2.23. The van der Waals surface area contributed by atoms with Gasteiger partial charge in [-0.1, -0.05) is 0 Å². The molecule has 1 aromatic carbocycles. The number of amides is 1. The summed E-state index contributed by atoms with van der Waals surface area (Å²) in [5, 5.41) is 6.82. The maximum absolute atomic E-state index is 14.5. The highest BCUT2D eigenvalue weighted by Gasteiger charge is 2.37. The van der Waals surface area contributed by atoms with Crippen molar-refractivity contribution < 1.29 is 31.5 Å². The van der Waals surface area contributed by atoms with Crippen molar-refractivity contribution in [2.45, 2.75) is 38.6 Å². The van der Waals surface area contributed by atoms with Crippen molar-refractivity contribution in [3.05, 3.63) is 59.1 Å². The van der Waals surface area contributed by atoms with Gasteiger partial charge in [0.1, 0.15) is 11.6 Å². The molecular formula is C22H19F5N4O2. The van der Waals surface area contributed by atoms with Crippen LogP contribution in [0.5, 0.6) is 0 Å². The third-order valence-corrected chi connectivity index (χ3v) is 5.35. The molecule has 1 unspecified atom stereocenters. The Kier molecular flexibility index (Phi) is 6.15. The van der Waals surface area contributed by atoms with Gasteiger partial charge in [-0.2, -0.15) is 18.3 Å². The Morgan fingerprint density at radius 3 is 2.70 bits per heavy atom. The Balaban J connectivity index is 1.61. The molecule has 0 radical (unpaired) electrons. The van der Waals surface area contributed by atoms with Crippen LogP contribution in [-0.4, -0.2) is 27.3 Å². The first kappa shape index (κ1) is 22.8. The molecule has 174 valence electrons. The minimum atomic E-state index is -4.90. The van der Waals surface area contributed by atoms with Crippen LogP contribution < -0.4 is 5.32 Å². The number of fused-ring (bicyclic) bond motifs is 1. The number of benzene rings is 1. The average molecular weight is 466 g/mol. The maximum Gasteiger partial charge on any atom is 0.435 e. The monoisotopic (exact) mass is 466 g/mol. The molecule has 3 heterocycles. The minimum Gasteiger partial charge on any atom is -0.356 e. The van der Waals surface area contributed by atoms with Gasteiger partial charge in [-0.05, 0) is 44.4 Å². The summed E-state index contributed by atoms with van der Waals surface area (Å²) in [7, 11) is 0. The highest BCUT2D eigenvalue weighted by Crippen LogP contribution is 2.35. The molecule has 1 N–H and O–H groups in total. The van der Waals surface area contributed by atoms with Gasteiger partial charge in [-0.15, -0.1) is 0 Å². The highest BCUT2D eigenvalue weighted by atomic mass is 19.4. The van der Waals surface area contributed by atoms with Gasteiger partial charge in [0, 0.05) is 29.2 Å². The molecule has 1 aliphatic heterocycles. The van der Waals surface area contributed by atoms with Crippen LogP contribution >= 0.6 is 0 Å². The number of anilines is 1. The van der Waals surface area contributed by atoms with Crippen LogP contribution in [0.3, 0.4) is 0 Å². The molecule has 0 saturated carbocycles. The summed E-state index contributed by atoms with van der Waals surface area (Å²) < 4.78 is 75.2. The number of pyridine rings is 1. The molecule has 0 spiro atoms. The standard InChI is InChI=1S/C22H19F5N4O2/c1-12-16(24)11-28-21(22(25,26)27)20(12)30-18(32)6-5-13-9-17-14(8-15(13)23)10-29-31(17)19-4-2-3-7-33-19/h5-6,8-11,19H,2-4,7H2,1H3,(H,30,32)/b6-5+. The van der Waals surface area contributed by atoms with Crippen molar-refractivity contribution in [2.24, 2.45) is 0 Å². The fraction of sp³-hybridized carbons (Fsp3) is 0.318. The number of alkyl halides is 3. The SMILES string of the molecule is Cc1c(F)cnc(C(F)(F)F)c1NC(=O)/C=C/c1cc2c(cnn2C2CCCCO2)cc1F. The summed E-state index contributed by atoms with van der Waals surface area (Å²) in [6, 6.07) is 2.73. The van der Waals surface area contributed by atoms with Crippen LogP contribution in [0.1, 0.15) is 42.3 Å². The van der Waals surface area contributed by atoms with Crippen molar-refractivity contribution in [3.8, 4) is 0 Å². The molecule has 1 aliphatic rings. The van der Waals surface area contributed by atoms with Gasteiger partial charge in [0.05, 0.1) is 23.6 Å². The summed E-state index contributed by atoms with van der Waals surface area (Å²) in [4.78, 5) is 15.3. The van der Waals surface area contributed by atoms with Gasteiger partial charge in [-0.25, -0.2) is 18.4 Å². The topological polar surface area (TPSA) is 69.0 Å². The van der Waals surface area contributed by atoms with Crippen molar-refractivity contribution in [1.82, 2.24) is 14.8 Å². The van der Waals surface area contributed by atoms with Gasteiger partial charge in [0.15, 0.2) is 11.9 Å². The second-order valence-corrected chi connectivity index (χ2v) is 7.62. The molecule has 33 heavy (non-hydrogen) atoms. The van der Waals surface area contributed by atoms with E-state index in [0.29, 0.717) is 23.7 Å². The quantitative estimate of drug-likeness (QED) is 0.414. The van der Waals surface area contributed by atoms with Crippen LogP contribution in [0.4, 0.5) is 27.6 Å². The Hall–Kier alpha value is -3.34. The Labute approximate surface area is 185 Å². The van der Waals surface area contributed by atoms with E-state index in [-0.39, 0.29) is 11.8 Å². The number of halogens is 5. The zero-order valence-electron chi connectivity index (χ0n) is 17.4. The fourth-order valence-corrected chi connectivity index (χ4v) is 3.63. The van der Waals surface area contributed by atoms with E-state index in [1.165, 1.54) is 18.3 Å². The summed E-state index contributed by atoms with van der Waals surface area (Å²) in [5.41, 5.74) is -2.01. The van der Waals surface area contributed by atoms with E-state index in [0.717, 1.165) is 38.3 Å². The molecule has 0 aliphatic carbocycles. The van der Waals surface area contributed by atoms with Crippen molar-refractivity contribution in [1.29, 1.82) is 0 Å². The second kappa shape index (κ2) is 8.89. The predicted molar refractivity (Wildman–Crippen MR) is 110 cm³/mol. The Morgan fingerprint density at radius 2 is 2.00 bits per heavy atom. The fourth-order valence-electron chi connectivity index (χ4n) is 3.63. The molecular weight excluding hydrogens is 447 g/mol. The van der Waals surface area contributed by atoms with Gasteiger partial charge in [0.2, 0.25) is 5.91 Å². The van der Waals surface area contributed by atoms with E-state index < -0.39 is 40.7 Å². The van der Waals surface area contributed by atoms with Crippen molar-refractivity contribution in [2.75, 3.05) is 11.9 Å². The third-order valence-electron chi connectivity index (χ3n) is 5.35. The van der Waals surface area contributed by atoms with E-state index >= 15 is 0 Å². The summed E-state index contributed by atoms with van der Waals surface area (Å²) in [5.74, 6) is -2.65. The normalized spacial score (nSPS) is 17.1. The van der Waals surface area contributed by atoms with Crippen LogP contribution in [-0.2, 0) is 15.7 Å². The van der Waals surface area contributed by atoms with Gasteiger partial charge < -0.3 is 10.1 Å². The number of rotatable bonds is 4. The number of carbonyl (C=O) groups excluding carboxylic acids is 1. The van der Waals surface area contributed by atoms with Crippen molar-refractivity contribution in [3.63, 3.8) is 0 Å². The number of carbonyl (C=O) groups is 1. The second-order valence-electron chi connectivity index (χ2n) is 7.62. The molecule has 4 rings (SSSR count). The van der Waals surface area contributed by atoms with E-state index in [4.69, 9.17) is 4.74 Å². The van der Waals surface area contributed by atoms with Gasteiger partial charge >= 0.3 is 6.18 Å². The smallest absolute Gasteiger partial charge is 0.356 e. The number of hydrogen-bond donors (Lipinski definition) is 1. The number of aromatic nitrogens is 3. The predicted octanol–water partition coefficient (Wildman–Crippen LogP) is 5.39. The lowest BCUT2D eigenvalue weighted by molar-refractivity contribution is -0.140. The summed E-state index contributed by atoms with van der Waals surface area (Å²) in [6.45, 7) is 1.68. The number of hydrogen-bond acceptors (Lipinski definition) is 4. The first-order valence-electron chi connectivity index (χ1n) is 10.1. The lowest BCUT2D eigenvalue weighted by Crippen LogP contribution is -2.19. The number of nitrogens with zero attached hydrogens (tertiary/aromatic N) is 3. The molecule has 1 amide bonds. The lowest BCUT2D eigenvalue weighted by atomic mass is 10.1. The largest absolute Gasteiger partial charge is 0.435 e. The average Bonchev–Trinajstić information content (AvgIpc) is 3.17. The number of nitrogens with one attached hydrogen (secondary N) is 1. The summed E-state index contributed by atoms with van der Waals surface area (Å²) in [6.07, 6.45) is 1.42. The Morgan fingerprint density at radius 1 is 1.21 bits per heavy atom. The molecule has 1 atom stereocenters. The van der Waals surface area contributed by atoms with Crippen LogP contribution in [0, 0.1) is 18.6 Å². The van der Waals surface area contributed by atoms with Crippen molar-refractivity contribution >= 4 is 28.6 Å². The Bertz CT molecular complexity index is 1230.